The smallest absolute Gasteiger partial charge is 0.351 e. The second-order valence-corrected chi connectivity index (χ2v) is 9.63. The van der Waals surface area contributed by atoms with Crippen LogP contribution < -0.4 is 10.5 Å². The van der Waals surface area contributed by atoms with Crippen molar-refractivity contribution in [3.63, 3.8) is 0 Å². The van der Waals surface area contributed by atoms with Crippen LogP contribution >= 0.6 is 11.3 Å². The molecule has 0 fully saturated rings. The topological polar surface area (TPSA) is 80.9 Å². The average Bonchev–Trinajstić information content (AvgIpc) is 2.91. The van der Waals surface area contributed by atoms with E-state index in [2.05, 4.69) is 35.9 Å². The lowest BCUT2D eigenvalue weighted by atomic mass is 10.1. The molecule has 0 spiro atoms. The number of hydrogen-bond acceptors (Lipinski definition) is 8. The van der Waals surface area contributed by atoms with Crippen LogP contribution in [0.3, 0.4) is 0 Å². The number of hydrogen-bond donors (Lipinski definition) is 1. The fourth-order valence-corrected chi connectivity index (χ4v) is 4.01. The van der Waals surface area contributed by atoms with Gasteiger partial charge in [-0.2, -0.15) is 0 Å². The monoisotopic (exact) mass is 422 g/mol. The third-order valence-corrected chi connectivity index (χ3v) is 5.55. The molecule has 0 unspecified atom stereocenters. The number of aryl methyl sites for hydroxylation is 2. The number of aromatic nitrogens is 1. The molecule has 0 radical (unpaired) electrons. The molecule has 2 aromatic rings. The van der Waals surface area contributed by atoms with Crippen LogP contribution in [0.5, 0.6) is 5.75 Å². The summed E-state index contributed by atoms with van der Waals surface area (Å²) in [5.74, 6) is 0.318. The Morgan fingerprint density at radius 3 is 2.38 bits per heavy atom. The maximum Gasteiger partial charge on any atom is 0.351 e. The Kier molecular flexibility index (Phi) is 7.48. The Labute approximate surface area is 177 Å². The summed E-state index contributed by atoms with van der Waals surface area (Å²) in [6, 6.07) is 0. The van der Waals surface area contributed by atoms with Gasteiger partial charge in [-0.15, -0.1) is 11.3 Å². The third-order valence-electron chi connectivity index (χ3n) is 4.47. The van der Waals surface area contributed by atoms with Gasteiger partial charge in [0.2, 0.25) is 0 Å². The highest BCUT2D eigenvalue weighted by Crippen LogP contribution is 2.40. The molecule has 0 atom stereocenters. The number of esters is 1. The SMILES string of the molecule is Cc1nc2sc(C(=O)OC(C)(C)C)c(N)c2c(C)c1OCCN(C)CCN(C)C. The summed E-state index contributed by atoms with van der Waals surface area (Å²) < 4.78 is 11.6. The van der Waals surface area contributed by atoms with E-state index < -0.39 is 11.6 Å². The van der Waals surface area contributed by atoms with Crippen LogP contribution in [-0.2, 0) is 4.74 Å². The van der Waals surface area contributed by atoms with Gasteiger partial charge in [-0.25, -0.2) is 9.78 Å². The Morgan fingerprint density at radius 1 is 1.14 bits per heavy atom. The molecular weight excluding hydrogens is 388 g/mol. The van der Waals surface area contributed by atoms with E-state index in [1.807, 2.05) is 34.6 Å². The lowest BCUT2D eigenvalue weighted by molar-refractivity contribution is 0.00764. The first-order valence-electron chi connectivity index (χ1n) is 9.79. The number of nitrogens with zero attached hydrogens (tertiary/aromatic N) is 3. The number of nitrogen functional groups attached to an aromatic ring is 1. The molecule has 0 aliphatic carbocycles. The minimum absolute atomic E-state index is 0.394. The van der Waals surface area contributed by atoms with Crippen LogP contribution in [0, 0.1) is 13.8 Å². The first-order chi connectivity index (χ1) is 13.4. The number of pyridine rings is 1. The number of ether oxygens (including phenoxy) is 2. The average molecular weight is 423 g/mol. The molecule has 29 heavy (non-hydrogen) atoms. The summed E-state index contributed by atoms with van der Waals surface area (Å²) >= 11 is 1.27. The molecule has 0 saturated carbocycles. The van der Waals surface area contributed by atoms with Gasteiger partial charge >= 0.3 is 5.97 Å². The first-order valence-corrected chi connectivity index (χ1v) is 10.6. The van der Waals surface area contributed by atoms with Crippen molar-refractivity contribution in [1.82, 2.24) is 14.8 Å². The number of carbonyl (C=O) groups excluding carboxylic acids is 1. The summed E-state index contributed by atoms with van der Waals surface area (Å²) in [4.78, 5) is 22.7. The summed E-state index contributed by atoms with van der Waals surface area (Å²) in [5, 5.41) is 0.775. The van der Waals surface area contributed by atoms with Crippen molar-refractivity contribution in [2.75, 3.05) is 53.1 Å². The number of thiophene rings is 1. The fourth-order valence-electron chi connectivity index (χ4n) is 2.94. The molecule has 2 N–H and O–H groups in total. The van der Waals surface area contributed by atoms with E-state index in [1.54, 1.807) is 0 Å². The summed E-state index contributed by atoms with van der Waals surface area (Å²) in [5.41, 5.74) is 7.86. The van der Waals surface area contributed by atoms with Gasteiger partial charge in [0, 0.05) is 30.6 Å². The van der Waals surface area contributed by atoms with Gasteiger partial charge < -0.3 is 25.0 Å². The van der Waals surface area contributed by atoms with Crippen LogP contribution in [-0.4, -0.2) is 73.7 Å². The minimum Gasteiger partial charge on any atom is -0.490 e. The molecular formula is C21H34N4O3S. The molecule has 0 bridgehead atoms. The third kappa shape index (κ3) is 6.04. The number of nitrogens with two attached hydrogens (primary N) is 1. The largest absolute Gasteiger partial charge is 0.490 e. The number of likely N-dealkylation sites (N-methyl/N-ethyl adjacent to an activating group) is 2. The van der Waals surface area contributed by atoms with Gasteiger partial charge in [0.1, 0.15) is 27.7 Å². The van der Waals surface area contributed by atoms with E-state index in [-0.39, 0.29) is 0 Å². The summed E-state index contributed by atoms with van der Waals surface area (Å²) in [6.07, 6.45) is 0. The van der Waals surface area contributed by atoms with Crippen molar-refractivity contribution in [2.45, 2.75) is 40.2 Å². The molecule has 2 rings (SSSR count). The Balaban J connectivity index is 2.21. The Bertz CT molecular complexity index is 871. The van der Waals surface area contributed by atoms with E-state index in [0.29, 0.717) is 17.2 Å². The zero-order chi connectivity index (χ0) is 21.9. The van der Waals surface area contributed by atoms with Crippen LogP contribution in [0.2, 0.25) is 0 Å². The number of rotatable bonds is 8. The molecule has 0 aliphatic heterocycles. The zero-order valence-corrected chi connectivity index (χ0v) is 19.7. The highest BCUT2D eigenvalue weighted by Gasteiger charge is 2.25. The van der Waals surface area contributed by atoms with Crippen LogP contribution in [0.25, 0.3) is 10.2 Å². The molecule has 2 heterocycles. The van der Waals surface area contributed by atoms with Gasteiger partial charge in [0.05, 0.1) is 11.4 Å². The second-order valence-electron chi connectivity index (χ2n) is 8.63. The van der Waals surface area contributed by atoms with Crippen LogP contribution in [0.15, 0.2) is 0 Å². The number of carbonyl (C=O) groups is 1. The standard InChI is InChI=1S/C21H34N4O3S/c1-13-15-16(22)18(20(26)28-21(3,4)5)29-19(15)23-14(2)17(13)27-12-11-25(8)10-9-24(6)7/h9-12,22H2,1-8H3. The van der Waals surface area contributed by atoms with Crippen molar-refractivity contribution in [2.24, 2.45) is 0 Å². The normalized spacial score (nSPS) is 12.2. The Morgan fingerprint density at radius 2 is 1.79 bits per heavy atom. The molecule has 0 saturated heterocycles. The van der Waals surface area contributed by atoms with Crippen molar-refractivity contribution in [3.8, 4) is 5.75 Å². The van der Waals surface area contributed by atoms with Crippen molar-refractivity contribution in [3.05, 3.63) is 16.1 Å². The van der Waals surface area contributed by atoms with Gasteiger partial charge in [-0.05, 0) is 55.8 Å². The lowest BCUT2D eigenvalue weighted by Crippen LogP contribution is -2.31. The van der Waals surface area contributed by atoms with Crippen molar-refractivity contribution in [1.29, 1.82) is 0 Å². The van der Waals surface area contributed by atoms with Crippen LogP contribution in [0.4, 0.5) is 5.69 Å². The van der Waals surface area contributed by atoms with Crippen LogP contribution in [0.1, 0.15) is 41.7 Å². The highest BCUT2D eigenvalue weighted by atomic mass is 32.1. The quantitative estimate of drug-likeness (QED) is 0.654. The fraction of sp³-hybridized carbons (Fsp3) is 0.619. The molecule has 162 valence electrons. The molecule has 0 aromatic carbocycles. The summed E-state index contributed by atoms with van der Waals surface area (Å²) in [6.45, 7) is 12.7. The van der Waals surface area contributed by atoms with Gasteiger partial charge in [-0.1, -0.05) is 0 Å². The molecule has 8 heteroatoms. The van der Waals surface area contributed by atoms with E-state index >= 15 is 0 Å². The Hall–Kier alpha value is -1.90. The molecule has 0 aliphatic rings. The lowest BCUT2D eigenvalue weighted by Gasteiger charge is -2.20. The van der Waals surface area contributed by atoms with Crippen molar-refractivity contribution >= 4 is 33.2 Å². The molecule has 2 aromatic heterocycles. The number of fused-ring (bicyclic) bond motifs is 1. The minimum atomic E-state index is -0.578. The van der Waals surface area contributed by atoms with Gasteiger partial charge in [0.15, 0.2) is 0 Å². The predicted octanol–water partition coefficient (Wildman–Crippen LogP) is 3.32. The van der Waals surface area contributed by atoms with Crippen molar-refractivity contribution < 1.29 is 14.3 Å². The van der Waals surface area contributed by atoms with E-state index in [4.69, 9.17) is 15.2 Å². The number of anilines is 1. The summed E-state index contributed by atoms with van der Waals surface area (Å²) in [7, 11) is 6.21. The maximum absolute atomic E-state index is 12.5. The van der Waals surface area contributed by atoms with Gasteiger partial charge in [0.25, 0.3) is 0 Å². The first kappa shape index (κ1) is 23.4. The second kappa shape index (κ2) is 9.28. The van der Waals surface area contributed by atoms with E-state index in [9.17, 15) is 4.79 Å². The predicted molar refractivity (Wildman–Crippen MR) is 120 cm³/mol. The van der Waals surface area contributed by atoms with Gasteiger partial charge in [-0.3, -0.25) is 0 Å². The van der Waals surface area contributed by atoms with E-state index in [0.717, 1.165) is 46.9 Å². The molecule has 7 nitrogen and oxygen atoms in total. The maximum atomic E-state index is 12.5. The van der Waals surface area contributed by atoms with E-state index in [1.165, 1.54) is 11.3 Å². The highest BCUT2D eigenvalue weighted by molar-refractivity contribution is 7.21. The molecule has 0 amide bonds. The zero-order valence-electron chi connectivity index (χ0n) is 18.9.